The molecule has 1 aromatic carbocycles. The number of carbonyl (C=O) groups is 1. The van der Waals surface area contributed by atoms with E-state index in [-0.39, 0.29) is 11.3 Å². The van der Waals surface area contributed by atoms with Crippen molar-refractivity contribution in [3.05, 3.63) is 59.7 Å². The van der Waals surface area contributed by atoms with E-state index in [9.17, 15) is 13.6 Å². The Kier molecular flexibility index (Phi) is 7.31. The van der Waals surface area contributed by atoms with Crippen molar-refractivity contribution in [1.82, 2.24) is 5.01 Å². The molecule has 0 saturated heterocycles. The summed E-state index contributed by atoms with van der Waals surface area (Å²) in [5.74, 6) is -0.642. The first-order valence-corrected chi connectivity index (χ1v) is 8.42. The molecule has 1 heterocycles. The summed E-state index contributed by atoms with van der Waals surface area (Å²) < 4.78 is 40.9. The van der Waals surface area contributed by atoms with Gasteiger partial charge in [0.1, 0.15) is 6.67 Å². The zero-order valence-corrected chi connectivity index (χ0v) is 16.0. The number of amides is 1. The maximum Gasteiger partial charge on any atom is 0.273 e. The van der Waals surface area contributed by atoms with Gasteiger partial charge in [0.15, 0.2) is 23.1 Å². The van der Waals surface area contributed by atoms with Crippen LogP contribution in [-0.2, 0) is 9.53 Å². The van der Waals surface area contributed by atoms with Gasteiger partial charge in [-0.05, 0) is 30.4 Å². The topological polar surface area (TPSA) is 60.4 Å². The molecule has 0 saturated carbocycles. The molecule has 0 atom stereocenters. The van der Waals surface area contributed by atoms with Crippen LogP contribution >= 0.6 is 0 Å². The third-order valence-electron chi connectivity index (χ3n) is 4.07. The number of hydrogen-bond donors (Lipinski definition) is 0. The van der Waals surface area contributed by atoms with Gasteiger partial charge in [0.25, 0.3) is 5.91 Å². The van der Waals surface area contributed by atoms with E-state index >= 15 is 0 Å². The smallest absolute Gasteiger partial charge is 0.273 e. The van der Waals surface area contributed by atoms with Crippen LogP contribution in [0.1, 0.15) is 12.0 Å². The molecule has 2 rings (SSSR count). The first-order valence-electron chi connectivity index (χ1n) is 8.42. The summed E-state index contributed by atoms with van der Waals surface area (Å²) >= 11 is 0. The van der Waals surface area contributed by atoms with E-state index in [1.54, 1.807) is 26.4 Å². The highest BCUT2D eigenvalue weighted by molar-refractivity contribution is 6.05. The van der Waals surface area contributed by atoms with Crippen molar-refractivity contribution < 1.29 is 27.8 Å². The molecule has 1 aromatic rings. The number of hydrazone groups is 1. The number of alkyl halides is 1. The molecule has 1 aliphatic rings. The van der Waals surface area contributed by atoms with E-state index in [0.717, 1.165) is 11.6 Å². The Morgan fingerprint density at radius 3 is 2.57 bits per heavy atom. The number of carbonyl (C=O) groups excluding carboxylic acids is 1. The number of hydrogen-bond acceptors (Lipinski definition) is 5. The maximum atomic E-state index is 13.3. The zero-order valence-electron chi connectivity index (χ0n) is 16.0. The lowest BCUT2D eigenvalue weighted by Crippen LogP contribution is -2.24. The summed E-state index contributed by atoms with van der Waals surface area (Å²) in [5.41, 5.74) is 1.59. The van der Waals surface area contributed by atoms with Crippen molar-refractivity contribution in [2.24, 2.45) is 5.10 Å². The highest BCUT2D eigenvalue weighted by Gasteiger charge is 2.23. The second-order valence-electron chi connectivity index (χ2n) is 5.76. The molecule has 0 spiro atoms. The largest absolute Gasteiger partial charge is 0.494 e. The first kappa shape index (κ1) is 21.1. The van der Waals surface area contributed by atoms with Gasteiger partial charge in [-0.25, -0.2) is 13.8 Å². The number of halogens is 2. The number of rotatable bonds is 8. The Bertz CT molecular complexity index is 847. The highest BCUT2D eigenvalue weighted by Crippen LogP contribution is 2.29. The molecule has 1 aliphatic heterocycles. The predicted octanol–water partition coefficient (Wildman–Crippen LogP) is 3.55. The Morgan fingerprint density at radius 2 is 1.96 bits per heavy atom. The molecule has 0 bridgehead atoms. The summed E-state index contributed by atoms with van der Waals surface area (Å²) in [6.45, 7) is 2.74. The summed E-state index contributed by atoms with van der Waals surface area (Å²) in [5, 5.41) is 5.62. The molecule has 28 heavy (non-hydrogen) atoms. The number of ether oxygens (including phenoxy) is 3. The van der Waals surface area contributed by atoms with Crippen LogP contribution in [0.5, 0.6) is 11.5 Å². The van der Waals surface area contributed by atoms with Crippen molar-refractivity contribution in [2.45, 2.75) is 6.42 Å². The SMILES string of the molecule is C=C(/C=C\C(OC)=C(\F)CF)C(=O)N1CCC(c2ccc(OC)c(OC)c2)=N1. The van der Waals surface area contributed by atoms with Crippen molar-refractivity contribution in [3.8, 4) is 11.5 Å². The minimum absolute atomic E-state index is 0.0681. The fourth-order valence-corrected chi connectivity index (χ4v) is 2.57. The van der Waals surface area contributed by atoms with E-state index in [4.69, 9.17) is 14.2 Å². The summed E-state index contributed by atoms with van der Waals surface area (Å²) in [6, 6.07) is 5.38. The molecule has 0 radical (unpaired) electrons. The molecule has 6 nitrogen and oxygen atoms in total. The van der Waals surface area contributed by atoms with Gasteiger partial charge < -0.3 is 14.2 Å². The number of allylic oxidation sites excluding steroid dienone is 2. The highest BCUT2D eigenvalue weighted by atomic mass is 19.2. The van der Waals surface area contributed by atoms with Crippen LogP contribution in [0, 0.1) is 0 Å². The number of methoxy groups -OCH3 is 3. The van der Waals surface area contributed by atoms with Gasteiger partial charge in [-0.3, -0.25) is 4.79 Å². The number of nitrogens with zero attached hydrogens (tertiary/aromatic N) is 2. The molecule has 0 N–H and O–H groups in total. The van der Waals surface area contributed by atoms with Gasteiger partial charge in [-0.1, -0.05) is 6.58 Å². The lowest BCUT2D eigenvalue weighted by atomic mass is 10.1. The van der Waals surface area contributed by atoms with E-state index in [1.165, 1.54) is 18.2 Å². The van der Waals surface area contributed by atoms with E-state index < -0.39 is 18.4 Å². The molecular formula is C20H22F2N2O4. The van der Waals surface area contributed by atoms with Gasteiger partial charge >= 0.3 is 0 Å². The van der Waals surface area contributed by atoms with E-state index in [2.05, 4.69) is 11.7 Å². The van der Waals surface area contributed by atoms with Crippen molar-refractivity contribution in [1.29, 1.82) is 0 Å². The van der Waals surface area contributed by atoms with Gasteiger partial charge in [0, 0.05) is 17.6 Å². The molecule has 0 aromatic heterocycles. The first-order chi connectivity index (χ1) is 13.4. The van der Waals surface area contributed by atoms with Crippen molar-refractivity contribution >= 4 is 11.6 Å². The van der Waals surface area contributed by atoms with Crippen LogP contribution in [0.3, 0.4) is 0 Å². The van der Waals surface area contributed by atoms with Crippen LogP contribution in [0.4, 0.5) is 8.78 Å². The Morgan fingerprint density at radius 1 is 1.25 bits per heavy atom. The monoisotopic (exact) mass is 392 g/mol. The second-order valence-corrected chi connectivity index (χ2v) is 5.76. The van der Waals surface area contributed by atoms with Crippen LogP contribution in [0.25, 0.3) is 0 Å². The molecular weight excluding hydrogens is 370 g/mol. The van der Waals surface area contributed by atoms with Crippen LogP contribution in [-0.4, -0.2) is 51.2 Å². The molecule has 150 valence electrons. The summed E-state index contributed by atoms with van der Waals surface area (Å²) in [6.07, 6.45) is 2.97. The summed E-state index contributed by atoms with van der Waals surface area (Å²) in [4.78, 5) is 12.5. The van der Waals surface area contributed by atoms with Crippen LogP contribution in [0.15, 0.2) is 59.2 Å². The Balaban J connectivity index is 2.14. The molecule has 0 unspecified atom stereocenters. The average molecular weight is 392 g/mol. The van der Waals surface area contributed by atoms with Gasteiger partial charge in [-0.2, -0.15) is 5.10 Å². The van der Waals surface area contributed by atoms with E-state index in [1.807, 2.05) is 6.07 Å². The molecule has 1 amide bonds. The van der Waals surface area contributed by atoms with Crippen LogP contribution in [0.2, 0.25) is 0 Å². The third-order valence-corrected chi connectivity index (χ3v) is 4.07. The van der Waals surface area contributed by atoms with Crippen molar-refractivity contribution in [2.75, 3.05) is 34.5 Å². The molecule has 8 heteroatoms. The zero-order chi connectivity index (χ0) is 20.7. The average Bonchev–Trinajstić information content (AvgIpc) is 3.22. The summed E-state index contributed by atoms with van der Waals surface area (Å²) in [7, 11) is 4.30. The van der Waals surface area contributed by atoms with Gasteiger partial charge in [0.2, 0.25) is 0 Å². The van der Waals surface area contributed by atoms with E-state index in [0.29, 0.717) is 30.2 Å². The third kappa shape index (κ3) is 4.76. The molecule has 0 aliphatic carbocycles. The Labute approximate surface area is 162 Å². The predicted molar refractivity (Wildman–Crippen MR) is 102 cm³/mol. The normalized spacial score (nSPS) is 14.6. The maximum absolute atomic E-state index is 13.3. The fourth-order valence-electron chi connectivity index (χ4n) is 2.57. The quantitative estimate of drug-likeness (QED) is 0.386. The standard InChI is InChI=1S/C20H22F2N2O4/c1-13(5-7-17(26-2)15(22)12-21)20(25)24-10-9-16(23-24)14-6-8-18(27-3)19(11-14)28-4/h5-8,11H,1,9-10,12H2,2-4H3/b7-5-,17-15-. The Hall–Kier alpha value is -3.16. The van der Waals surface area contributed by atoms with Crippen LogP contribution < -0.4 is 9.47 Å². The minimum Gasteiger partial charge on any atom is -0.494 e. The van der Waals surface area contributed by atoms with Gasteiger partial charge in [-0.15, -0.1) is 0 Å². The minimum atomic E-state index is -1.29. The number of benzene rings is 1. The van der Waals surface area contributed by atoms with Gasteiger partial charge in [0.05, 0.1) is 33.6 Å². The van der Waals surface area contributed by atoms with Crippen molar-refractivity contribution in [3.63, 3.8) is 0 Å². The lowest BCUT2D eigenvalue weighted by molar-refractivity contribution is -0.126. The molecule has 0 fully saturated rings. The second kappa shape index (κ2) is 9.68. The fraction of sp³-hybridized carbons (Fsp3) is 0.300. The lowest BCUT2D eigenvalue weighted by Gasteiger charge is -2.11.